The van der Waals surface area contributed by atoms with Crippen molar-refractivity contribution in [2.45, 2.75) is 43.6 Å². The molecule has 0 aromatic heterocycles. The van der Waals surface area contributed by atoms with E-state index < -0.39 is 11.5 Å². The number of amides is 1. The fourth-order valence-electron chi connectivity index (χ4n) is 3.89. The third-order valence-electron chi connectivity index (χ3n) is 5.43. The summed E-state index contributed by atoms with van der Waals surface area (Å²) in [7, 11) is 1.36. The number of rotatable bonds is 5. The highest BCUT2D eigenvalue weighted by atomic mass is 35.5. The number of carbonyl (C=O) groups excluding carboxylic acids is 2. The van der Waals surface area contributed by atoms with Gasteiger partial charge in [0, 0.05) is 10.0 Å². The largest absolute Gasteiger partial charge is 0.467 e. The zero-order valence-corrected chi connectivity index (χ0v) is 17.2. The second-order valence-corrected chi connectivity index (χ2v) is 8.06. The Balaban J connectivity index is 1.70. The molecule has 4 nitrogen and oxygen atoms in total. The minimum absolute atomic E-state index is 0.0802. The Morgan fingerprint density at radius 3 is 2.39 bits per heavy atom. The van der Waals surface area contributed by atoms with Gasteiger partial charge in [0.05, 0.1) is 13.5 Å². The van der Waals surface area contributed by atoms with Crippen LogP contribution in [0.25, 0.3) is 0 Å². The van der Waals surface area contributed by atoms with Crippen LogP contribution in [-0.4, -0.2) is 24.5 Å². The Morgan fingerprint density at radius 2 is 1.79 bits per heavy atom. The second-order valence-electron chi connectivity index (χ2n) is 7.22. The molecule has 1 amide bonds. The summed E-state index contributed by atoms with van der Waals surface area (Å²) in [6.07, 6.45) is 2.78. The van der Waals surface area contributed by atoms with Gasteiger partial charge in [0.15, 0.2) is 0 Å². The van der Waals surface area contributed by atoms with Gasteiger partial charge in [-0.15, -0.1) is 0 Å². The molecule has 2 aromatic rings. The SMILES string of the molecule is COC(=O)C1(NC(=O)Cc2ccc(Cl)cc2Cl)CCC(c2ccccc2)CC1. The van der Waals surface area contributed by atoms with E-state index in [0.717, 1.165) is 12.8 Å². The van der Waals surface area contributed by atoms with Crippen molar-refractivity contribution in [3.63, 3.8) is 0 Å². The maximum atomic E-state index is 12.7. The lowest BCUT2D eigenvalue weighted by molar-refractivity contribution is -0.152. The quantitative estimate of drug-likeness (QED) is 0.699. The maximum Gasteiger partial charge on any atom is 0.331 e. The Kier molecular flexibility index (Phi) is 6.63. The molecule has 0 atom stereocenters. The zero-order valence-electron chi connectivity index (χ0n) is 15.7. The van der Waals surface area contributed by atoms with Crippen LogP contribution in [-0.2, 0) is 20.7 Å². The van der Waals surface area contributed by atoms with Crippen LogP contribution in [0.3, 0.4) is 0 Å². The molecule has 1 saturated carbocycles. The van der Waals surface area contributed by atoms with Gasteiger partial charge in [-0.1, -0.05) is 59.6 Å². The van der Waals surface area contributed by atoms with Gasteiger partial charge in [0.25, 0.3) is 0 Å². The Labute approximate surface area is 175 Å². The summed E-state index contributed by atoms with van der Waals surface area (Å²) in [5.41, 5.74) is 0.942. The summed E-state index contributed by atoms with van der Waals surface area (Å²) in [4.78, 5) is 25.2. The second kappa shape index (κ2) is 8.97. The van der Waals surface area contributed by atoms with Gasteiger partial charge in [-0.05, 0) is 54.9 Å². The van der Waals surface area contributed by atoms with Crippen molar-refractivity contribution in [2.24, 2.45) is 0 Å². The van der Waals surface area contributed by atoms with E-state index in [0.29, 0.717) is 34.4 Å². The number of nitrogens with one attached hydrogen (secondary N) is 1. The third-order valence-corrected chi connectivity index (χ3v) is 6.02. The van der Waals surface area contributed by atoms with Crippen molar-refractivity contribution in [2.75, 3.05) is 7.11 Å². The normalized spacial score (nSPS) is 21.8. The number of ether oxygens (including phenoxy) is 1. The monoisotopic (exact) mass is 419 g/mol. The fraction of sp³-hybridized carbons (Fsp3) is 0.364. The van der Waals surface area contributed by atoms with Gasteiger partial charge in [0.1, 0.15) is 5.54 Å². The van der Waals surface area contributed by atoms with Gasteiger partial charge in [-0.2, -0.15) is 0 Å². The number of methoxy groups -OCH3 is 1. The van der Waals surface area contributed by atoms with E-state index in [1.54, 1.807) is 18.2 Å². The average molecular weight is 420 g/mol. The number of hydrogen-bond donors (Lipinski definition) is 1. The number of hydrogen-bond acceptors (Lipinski definition) is 3. The first kappa shape index (κ1) is 20.7. The molecule has 0 unspecified atom stereocenters. The van der Waals surface area contributed by atoms with Crippen molar-refractivity contribution in [1.82, 2.24) is 5.32 Å². The van der Waals surface area contributed by atoms with Crippen molar-refractivity contribution in [3.05, 3.63) is 69.7 Å². The van der Waals surface area contributed by atoms with E-state index >= 15 is 0 Å². The molecular weight excluding hydrogens is 397 g/mol. The minimum Gasteiger partial charge on any atom is -0.467 e. The predicted octanol–water partition coefficient (Wildman–Crippen LogP) is 4.92. The van der Waals surface area contributed by atoms with Gasteiger partial charge < -0.3 is 10.1 Å². The van der Waals surface area contributed by atoms with E-state index in [9.17, 15) is 9.59 Å². The van der Waals surface area contributed by atoms with Gasteiger partial charge in [0.2, 0.25) is 5.91 Å². The van der Waals surface area contributed by atoms with Crippen LogP contribution in [0.1, 0.15) is 42.7 Å². The van der Waals surface area contributed by atoms with Crippen LogP contribution in [0.5, 0.6) is 0 Å². The molecule has 1 aliphatic carbocycles. The van der Waals surface area contributed by atoms with Crippen molar-refractivity contribution in [1.29, 1.82) is 0 Å². The molecule has 0 spiro atoms. The molecular formula is C22H23Cl2NO3. The van der Waals surface area contributed by atoms with Crippen LogP contribution >= 0.6 is 23.2 Å². The molecule has 6 heteroatoms. The minimum atomic E-state index is -0.990. The summed E-state index contributed by atoms with van der Waals surface area (Å²) >= 11 is 12.1. The Hall–Kier alpha value is -2.04. The van der Waals surface area contributed by atoms with E-state index in [2.05, 4.69) is 17.4 Å². The molecule has 1 aliphatic rings. The molecule has 1 fully saturated rings. The standard InChI is InChI=1S/C22H23Cl2NO3/c1-28-21(27)22(11-9-16(10-12-22)15-5-3-2-4-6-15)25-20(26)13-17-7-8-18(23)14-19(17)24/h2-8,14,16H,9-13H2,1H3,(H,25,26). The molecule has 0 radical (unpaired) electrons. The smallest absolute Gasteiger partial charge is 0.331 e. The lowest BCUT2D eigenvalue weighted by Gasteiger charge is -2.38. The van der Waals surface area contributed by atoms with Gasteiger partial charge >= 0.3 is 5.97 Å². The number of benzene rings is 2. The summed E-state index contributed by atoms with van der Waals surface area (Å²) in [6, 6.07) is 15.3. The van der Waals surface area contributed by atoms with Crippen LogP contribution < -0.4 is 5.32 Å². The van der Waals surface area contributed by atoms with E-state index in [-0.39, 0.29) is 12.3 Å². The topological polar surface area (TPSA) is 55.4 Å². The molecule has 0 saturated heterocycles. The van der Waals surface area contributed by atoms with E-state index in [1.807, 2.05) is 18.2 Å². The van der Waals surface area contributed by atoms with E-state index in [4.69, 9.17) is 27.9 Å². The number of carbonyl (C=O) groups is 2. The molecule has 0 aliphatic heterocycles. The van der Waals surface area contributed by atoms with E-state index in [1.165, 1.54) is 12.7 Å². The third kappa shape index (κ3) is 4.68. The lowest BCUT2D eigenvalue weighted by atomic mass is 9.74. The number of halogens is 2. The molecule has 28 heavy (non-hydrogen) atoms. The molecule has 1 N–H and O–H groups in total. The first-order valence-corrected chi connectivity index (χ1v) is 10.1. The molecule has 0 bridgehead atoms. The van der Waals surface area contributed by atoms with Crippen molar-refractivity contribution in [3.8, 4) is 0 Å². The van der Waals surface area contributed by atoms with Crippen molar-refractivity contribution >= 4 is 35.1 Å². The summed E-state index contributed by atoms with van der Waals surface area (Å²) in [5, 5.41) is 3.89. The first-order valence-electron chi connectivity index (χ1n) is 9.32. The van der Waals surface area contributed by atoms with Crippen LogP contribution in [0.2, 0.25) is 10.0 Å². The van der Waals surface area contributed by atoms with Crippen LogP contribution in [0.15, 0.2) is 48.5 Å². The van der Waals surface area contributed by atoms with Crippen molar-refractivity contribution < 1.29 is 14.3 Å². The molecule has 2 aromatic carbocycles. The molecule has 148 valence electrons. The number of esters is 1. The molecule has 3 rings (SSSR count). The van der Waals surface area contributed by atoms with Gasteiger partial charge in [-0.3, -0.25) is 4.79 Å². The maximum absolute atomic E-state index is 12.7. The Morgan fingerprint density at radius 1 is 1.11 bits per heavy atom. The highest BCUT2D eigenvalue weighted by molar-refractivity contribution is 6.35. The van der Waals surface area contributed by atoms with Crippen LogP contribution in [0, 0.1) is 0 Å². The summed E-state index contributed by atoms with van der Waals surface area (Å²) in [6.45, 7) is 0. The van der Waals surface area contributed by atoms with Crippen LogP contribution in [0.4, 0.5) is 0 Å². The average Bonchev–Trinajstić information content (AvgIpc) is 2.70. The highest BCUT2D eigenvalue weighted by Crippen LogP contribution is 2.38. The lowest BCUT2D eigenvalue weighted by Crippen LogP contribution is -2.57. The summed E-state index contributed by atoms with van der Waals surface area (Å²) < 4.78 is 5.03. The zero-order chi connectivity index (χ0) is 20.1. The first-order chi connectivity index (χ1) is 13.4. The van der Waals surface area contributed by atoms with Gasteiger partial charge in [-0.25, -0.2) is 4.79 Å². The highest BCUT2D eigenvalue weighted by Gasteiger charge is 2.44. The summed E-state index contributed by atoms with van der Waals surface area (Å²) in [5.74, 6) is -0.274. The fourth-order valence-corrected chi connectivity index (χ4v) is 4.37. The molecule has 0 heterocycles. The predicted molar refractivity (Wildman–Crippen MR) is 111 cm³/mol. The Bertz CT molecular complexity index is 846.